The minimum atomic E-state index is -4.49. The minimum Gasteiger partial charge on any atom is -0.460 e. The first-order valence-electron chi connectivity index (χ1n) is 11.9. The molecule has 1 aliphatic rings. The van der Waals surface area contributed by atoms with Gasteiger partial charge in [0.15, 0.2) is 5.58 Å². The van der Waals surface area contributed by atoms with Gasteiger partial charge in [-0.25, -0.2) is 0 Å². The smallest absolute Gasteiger partial charge is 0.416 e. The Bertz CT molecular complexity index is 1480. The zero-order valence-electron chi connectivity index (χ0n) is 20.2. The Morgan fingerprint density at radius 2 is 1.47 bits per heavy atom. The molecule has 0 saturated carbocycles. The van der Waals surface area contributed by atoms with E-state index in [0.717, 1.165) is 24.3 Å². The van der Waals surface area contributed by atoms with Crippen LogP contribution in [0.5, 0.6) is 0 Å². The van der Waals surface area contributed by atoms with Gasteiger partial charge in [0.2, 0.25) is 0 Å². The van der Waals surface area contributed by atoms with Crippen LogP contribution in [-0.2, 0) is 18.9 Å². The molecule has 0 radical (unpaired) electrons. The van der Waals surface area contributed by atoms with Gasteiger partial charge in [0, 0.05) is 50.5 Å². The Labute approximate surface area is 213 Å². The summed E-state index contributed by atoms with van der Waals surface area (Å²) < 4.78 is 86.4. The van der Waals surface area contributed by atoms with Gasteiger partial charge in [0.05, 0.1) is 16.6 Å². The molecule has 1 aliphatic heterocycles. The number of carbonyl (C=O) groups is 1. The number of nitrogens with zero attached hydrogens (tertiary/aromatic N) is 3. The molecular formula is C27H23F6N3O2. The highest BCUT2D eigenvalue weighted by molar-refractivity contribution is 5.98. The van der Waals surface area contributed by atoms with Crippen LogP contribution in [0.2, 0.25) is 0 Å². The number of alkyl halides is 6. The molecule has 1 saturated heterocycles. The lowest BCUT2D eigenvalue weighted by Gasteiger charge is -2.36. The third-order valence-electron chi connectivity index (χ3n) is 6.63. The van der Waals surface area contributed by atoms with Crippen molar-refractivity contribution in [1.82, 2.24) is 9.47 Å². The fourth-order valence-electron chi connectivity index (χ4n) is 4.75. The zero-order chi connectivity index (χ0) is 27.2. The molecule has 5 nitrogen and oxygen atoms in total. The highest BCUT2D eigenvalue weighted by Gasteiger charge is 2.32. The fourth-order valence-corrected chi connectivity index (χ4v) is 4.75. The van der Waals surface area contributed by atoms with Gasteiger partial charge < -0.3 is 18.8 Å². The maximum atomic E-state index is 13.5. The summed E-state index contributed by atoms with van der Waals surface area (Å²) in [6.07, 6.45) is -8.94. The average molecular weight is 535 g/mol. The molecule has 4 aromatic rings. The average Bonchev–Trinajstić information content (AvgIpc) is 3.39. The summed E-state index contributed by atoms with van der Waals surface area (Å²) in [6.45, 7) is 2.96. The van der Waals surface area contributed by atoms with Crippen LogP contribution in [0.3, 0.4) is 0 Å². The molecule has 0 N–H and O–H groups in total. The molecule has 0 spiro atoms. The monoisotopic (exact) mass is 535 g/mol. The normalized spacial score (nSPS) is 14.9. The van der Waals surface area contributed by atoms with Crippen molar-refractivity contribution >= 4 is 22.7 Å². The van der Waals surface area contributed by atoms with Crippen molar-refractivity contribution in [2.45, 2.75) is 25.8 Å². The molecule has 200 valence electrons. The van der Waals surface area contributed by atoms with Crippen LogP contribution < -0.4 is 4.90 Å². The number of benzene rings is 2. The zero-order valence-corrected chi connectivity index (χ0v) is 20.2. The quantitative estimate of drug-likeness (QED) is 0.277. The number of furan rings is 1. The molecule has 0 aliphatic carbocycles. The Hall–Kier alpha value is -3.89. The third kappa shape index (κ3) is 5.09. The van der Waals surface area contributed by atoms with Gasteiger partial charge in [0.25, 0.3) is 5.91 Å². The lowest BCUT2D eigenvalue weighted by Crippen LogP contribution is -2.49. The van der Waals surface area contributed by atoms with E-state index in [-0.39, 0.29) is 31.2 Å². The van der Waals surface area contributed by atoms with Gasteiger partial charge in [-0.2, -0.15) is 26.3 Å². The summed E-state index contributed by atoms with van der Waals surface area (Å²) in [7, 11) is 0. The molecule has 2 aromatic carbocycles. The molecule has 0 unspecified atom stereocenters. The number of anilines is 1. The van der Waals surface area contributed by atoms with Gasteiger partial charge in [0.1, 0.15) is 11.5 Å². The summed E-state index contributed by atoms with van der Waals surface area (Å²) in [5.41, 5.74) is 0.585. The predicted octanol–water partition coefficient (Wildman–Crippen LogP) is 6.59. The van der Waals surface area contributed by atoms with Crippen molar-refractivity contribution in [2.24, 2.45) is 0 Å². The number of amides is 1. The second-order valence-corrected chi connectivity index (χ2v) is 9.25. The van der Waals surface area contributed by atoms with Crippen molar-refractivity contribution < 1.29 is 35.6 Å². The molecular weight excluding hydrogens is 512 g/mol. The predicted molar refractivity (Wildman–Crippen MR) is 129 cm³/mol. The number of aryl methyl sites for hydroxylation is 1. The molecule has 11 heteroatoms. The molecule has 0 bridgehead atoms. The standard InChI is InChI=1S/C27H23F6N3O2/c1-17-12-22-24(38-17)15-23(36(22)16-18-4-2-5-19(13-18)26(28,29)30)25(37)35-10-8-34(9-11-35)21-7-3-6-20(14-21)27(31,32)33/h2-7,12-15H,8-11,16H2,1H3. The lowest BCUT2D eigenvalue weighted by atomic mass is 10.1. The van der Waals surface area contributed by atoms with Gasteiger partial charge >= 0.3 is 12.4 Å². The van der Waals surface area contributed by atoms with Crippen LogP contribution in [0.25, 0.3) is 11.1 Å². The second kappa shape index (κ2) is 9.45. The van der Waals surface area contributed by atoms with Gasteiger partial charge in [-0.15, -0.1) is 0 Å². The van der Waals surface area contributed by atoms with Crippen molar-refractivity contribution in [1.29, 1.82) is 0 Å². The fraction of sp³-hybridized carbons (Fsp3) is 0.296. The number of carbonyl (C=O) groups excluding carboxylic acids is 1. The van der Waals surface area contributed by atoms with Crippen molar-refractivity contribution in [3.05, 3.63) is 88.8 Å². The maximum absolute atomic E-state index is 13.5. The van der Waals surface area contributed by atoms with Crippen LogP contribution in [0.1, 0.15) is 32.9 Å². The first-order chi connectivity index (χ1) is 17.9. The summed E-state index contributed by atoms with van der Waals surface area (Å²) in [5.74, 6) is 0.270. The first-order valence-corrected chi connectivity index (χ1v) is 11.9. The van der Waals surface area contributed by atoms with Crippen LogP contribution in [-0.4, -0.2) is 41.6 Å². The van der Waals surface area contributed by atoms with Crippen LogP contribution in [0, 0.1) is 6.92 Å². The largest absolute Gasteiger partial charge is 0.460 e. The van der Waals surface area contributed by atoms with Gasteiger partial charge in [-0.05, 0) is 42.8 Å². The number of rotatable bonds is 4. The van der Waals surface area contributed by atoms with Crippen molar-refractivity contribution in [3.63, 3.8) is 0 Å². The van der Waals surface area contributed by atoms with E-state index in [0.29, 0.717) is 41.2 Å². The summed E-state index contributed by atoms with van der Waals surface area (Å²) in [6, 6.07) is 13.3. The van der Waals surface area contributed by atoms with Crippen LogP contribution >= 0.6 is 0 Å². The van der Waals surface area contributed by atoms with E-state index in [9.17, 15) is 31.1 Å². The number of halogens is 6. The minimum absolute atomic E-state index is 0.0255. The highest BCUT2D eigenvalue weighted by atomic mass is 19.4. The summed E-state index contributed by atoms with van der Waals surface area (Å²) >= 11 is 0. The van der Waals surface area contributed by atoms with E-state index in [1.807, 2.05) is 0 Å². The lowest BCUT2D eigenvalue weighted by molar-refractivity contribution is -0.138. The van der Waals surface area contributed by atoms with E-state index in [2.05, 4.69) is 0 Å². The Morgan fingerprint density at radius 1 is 0.842 bits per heavy atom. The van der Waals surface area contributed by atoms with E-state index in [1.165, 1.54) is 12.1 Å². The summed E-state index contributed by atoms with van der Waals surface area (Å²) in [5, 5.41) is 0. The molecule has 38 heavy (non-hydrogen) atoms. The van der Waals surface area contributed by atoms with E-state index < -0.39 is 23.5 Å². The highest BCUT2D eigenvalue weighted by Crippen LogP contribution is 2.33. The van der Waals surface area contributed by atoms with Crippen LogP contribution in [0.4, 0.5) is 32.0 Å². The topological polar surface area (TPSA) is 41.6 Å². The maximum Gasteiger partial charge on any atom is 0.416 e. The molecule has 5 rings (SSSR count). The van der Waals surface area contributed by atoms with Gasteiger partial charge in [-0.1, -0.05) is 18.2 Å². The molecule has 0 atom stereocenters. The Balaban J connectivity index is 1.38. The van der Waals surface area contributed by atoms with Crippen molar-refractivity contribution in [3.8, 4) is 0 Å². The van der Waals surface area contributed by atoms with Crippen molar-refractivity contribution in [2.75, 3.05) is 31.1 Å². The molecule has 1 amide bonds. The number of hydrogen-bond donors (Lipinski definition) is 0. The molecule has 1 fully saturated rings. The number of fused-ring (bicyclic) bond motifs is 1. The number of piperazine rings is 1. The SMILES string of the molecule is Cc1cc2c(cc(C(=O)N3CCN(c4cccc(C(F)(F)F)c4)CC3)n2Cc2cccc(C(F)(F)F)c2)o1. The van der Waals surface area contributed by atoms with Crippen LogP contribution in [0.15, 0.2) is 65.1 Å². The third-order valence-corrected chi connectivity index (χ3v) is 6.63. The second-order valence-electron chi connectivity index (χ2n) is 9.25. The molecule has 3 heterocycles. The Kier molecular flexibility index (Phi) is 6.40. The van der Waals surface area contributed by atoms with E-state index in [4.69, 9.17) is 4.42 Å². The number of hydrogen-bond acceptors (Lipinski definition) is 3. The molecule has 2 aromatic heterocycles. The number of aromatic nitrogens is 1. The van der Waals surface area contributed by atoms with Gasteiger partial charge in [-0.3, -0.25) is 4.79 Å². The summed E-state index contributed by atoms with van der Waals surface area (Å²) in [4.78, 5) is 16.9. The van der Waals surface area contributed by atoms with E-state index in [1.54, 1.807) is 45.6 Å². The Morgan fingerprint density at radius 3 is 2.13 bits per heavy atom. The van der Waals surface area contributed by atoms with E-state index >= 15 is 0 Å². The first kappa shape index (κ1) is 25.7.